The van der Waals surface area contributed by atoms with E-state index in [0.717, 1.165) is 19.3 Å². The minimum absolute atomic E-state index is 0.0796. The Hall–Kier alpha value is -4.57. The molecular weight excluding hydrogens is 506 g/mol. The van der Waals surface area contributed by atoms with Gasteiger partial charge in [-0.3, -0.25) is 0 Å². The number of hydrogen-bond donors (Lipinski definition) is 0. The SMILES string of the molecule is C=CCOc1ccc(C(=O)Oc2ccc(OCCCCCCCC)c(C(=O)OCc3ccccc3C#N)c2)cc1. The van der Waals surface area contributed by atoms with Crippen LogP contribution in [-0.4, -0.2) is 25.2 Å². The molecule has 3 aromatic rings. The fourth-order valence-corrected chi connectivity index (χ4v) is 3.91. The molecule has 0 unspecified atom stereocenters. The van der Waals surface area contributed by atoms with Crippen molar-refractivity contribution in [1.82, 2.24) is 0 Å². The van der Waals surface area contributed by atoms with Crippen LogP contribution in [0.15, 0.2) is 79.4 Å². The van der Waals surface area contributed by atoms with Crippen LogP contribution in [0.5, 0.6) is 17.2 Å². The molecule has 0 N–H and O–H groups in total. The highest BCUT2D eigenvalue weighted by atomic mass is 16.5. The summed E-state index contributed by atoms with van der Waals surface area (Å²) in [6.07, 6.45) is 8.28. The average Bonchev–Trinajstić information content (AvgIpc) is 2.99. The van der Waals surface area contributed by atoms with Crippen molar-refractivity contribution in [2.24, 2.45) is 0 Å². The molecule has 0 aromatic heterocycles. The second-order valence-electron chi connectivity index (χ2n) is 9.13. The molecule has 0 heterocycles. The quantitative estimate of drug-likeness (QED) is 0.0805. The van der Waals surface area contributed by atoms with Crippen LogP contribution in [0, 0.1) is 11.3 Å². The Morgan fingerprint density at radius 1 is 0.875 bits per heavy atom. The van der Waals surface area contributed by atoms with Gasteiger partial charge in [-0.05, 0) is 55.0 Å². The van der Waals surface area contributed by atoms with Gasteiger partial charge in [-0.2, -0.15) is 5.26 Å². The Labute approximate surface area is 235 Å². The van der Waals surface area contributed by atoms with Gasteiger partial charge in [-0.25, -0.2) is 9.59 Å². The first-order chi connectivity index (χ1) is 19.5. The van der Waals surface area contributed by atoms with Gasteiger partial charge in [0, 0.05) is 5.56 Å². The van der Waals surface area contributed by atoms with Crippen LogP contribution in [0.2, 0.25) is 0 Å². The molecule has 0 aliphatic rings. The van der Waals surface area contributed by atoms with Crippen molar-refractivity contribution < 1.29 is 28.5 Å². The maximum atomic E-state index is 13.1. The minimum Gasteiger partial charge on any atom is -0.493 e. The highest BCUT2D eigenvalue weighted by Crippen LogP contribution is 2.27. The lowest BCUT2D eigenvalue weighted by Crippen LogP contribution is -2.12. The van der Waals surface area contributed by atoms with Gasteiger partial charge in [0.2, 0.25) is 0 Å². The predicted molar refractivity (Wildman–Crippen MR) is 153 cm³/mol. The maximum Gasteiger partial charge on any atom is 0.343 e. The predicted octanol–water partition coefficient (Wildman–Crippen LogP) is 7.44. The molecule has 0 aliphatic heterocycles. The first-order valence-corrected chi connectivity index (χ1v) is 13.5. The summed E-state index contributed by atoms with van der Waals surface area (Å²) < 4.78 is 22.5. The third kappa shape index (κ3) is 9.32. The van der Waals surface area contributed by atoms with Crippen LogP contribution < -0.4 is 14.2 Å². The van der Waals surface area contributed by atoms with Crippen LogP contribution in [0.4, 0.5) is 0 Å². The van der Waals surface area contributed by atoms with E-state index in [2.05, 4.69) is 19.6 Å². The topological polar surface area (TPSA) is 94.8 Å². The lowest BCUT2D eigenvalue weighted by atomic mass is 10.1. The number of carbonyl (C=O) groups excluding carboxylic acids is 2. The Balaban J connectivity index is 1.71. The van der Waals surface area contributed by atoms with Gasteiger partial charge >= 0.3 is 11.9 Å². The third-order valence-corrected chi connectivity index (χ3v) is 6.09. The number of benzene rings is 3. The van der Waals surface area contributed by atoms with Crippen LogP contribution in [0.25, 0.3) is 0 Å². The summed E-state index contributed by atoms with van der Waals surface area (Å²) in [5, 5.41) is 9.33. The van der Waals surface area contributed by atoms with Crippen LogP contribution in [-0.2, 0) is 11.3 Å². The Morgan fingerprint density at radius 2 is 1.60 bits per heavy atom. The number of rotatable bonds is 16. The smallest absolute Gasteiger partial charge is 0.343 e. The summed E-state index contributed by atoms with van der Waals surface area (Å²) in [5.41, 5.74) is 1.49. The fourth-order valence-electron chi connectivity index (χ4n) is 3.91. The molecule has 3 rings (SSSR count). The standard InChI is InChI=1S/C33H35NO6/c1-3-5-6-7-8-11-21-38-31-19-18-29(40-32(35)25-14-16-28(17-15-25)37-20-4-2)22-30(31)33(36)39-24-27-13-10-9-12-26(27)23-34/h4,9-10,12-19,22H,2-3,5-8,11,20-21,24H2,1H3. The molecule has 208 valence electrons. The van der Waals surface area contributed by atoms with Crippen molar-refractivity contribution in [2.75, 3.05) is 13.2 Å². The van der Waals surface area contributed by atoms with E-state index in [4.69, 9.17) is 18.9 Å². The van der Waals surface area contributed by atoms with Crippen molar-refractivity contribution in [3.63, 3.8) is 0 Å². The molecule has 0 saturated heterocycles. The molecule has 0 bridgehead atoms. The summed E-state index contributed by atoms with van der Waals surface area (Å²) in [5.74, 6) is -0.110. The molecule has 0 atom stereocenters. The number of ether oxygens (including phenoxy) is 4. The largest absolute Gasteiger partial charge is 0.493 e. The van der Waals surface area contributed by atoms with Gasteiger partial charge < -0.3 is 18.9 Å². The van der Waals surface area contributed by atoms with Gasteiger partial charge in [-0.15, -0.1) is 0 Å². The summed E-state index contributed by atoms with van der Waals surface area (Å²) in [6, 6.07) is 20.2. The average molecular weight is 542 g/mol. The first kappa shape index (κ1) is 30.0. The highest BCUT2D eigenvalue weighted by Gasteiger charge is 2.18. The zero-order valence-electron chi connectivity index (χ0n) is 22.9. The molecule has 0 radical (unpaired) electrons. The summed E-state index contributed by atoms with van der Waals surface area (Å²) in [6.45, 7) is 6.52. The molecule has 3 aromatic carbocycles. The molecule has 0 amide bonds. The molecule has 7 heteroatoms. The van der Waals surface area contributed by atoms with Gasteiger partial charge in [0.25, 0.3) is 0 Å². The third-order valence-electron chi connectivity index (χ3n) is 6.09. The lowest BCUT2D eigenvalue weighted by molar-refractivity contribution is 0.0466. The van der Waals surface area contributed by atoms with Gasteiger partial charge in [-0.1, -0.05) is 69.9 Å². The van der Waals surface area contributed by atoms with Crippen molar-refractivity contribution in [3.8, 4) is 23.3 Å². The molecule has 0 saturated carbocycles. The molecule has 40 heavy (non-hydrogen) atoms. The summed E-state index contributed by atoms with van der Waals surface area (Å²) >= 11 is 0. The zero-order chi connectivity index (χ0) is 28.6. The second kappa shape index (κ2) is 16.4. The van der Waals surface area contributed by atoms with E-state index in [9.17, 15) is 14.9 Å². The van der Waals surface area contributed by atoms with Crippen LogP contribution in [0.1, 0.15) is 77.3 Å². The number of carbonyl (C=O) groups is 2. The molecule has 7 nitrogen and oxygen atoms in total. The first-order valence-electron chi connectivity index (χ1n) is 13.5. The van der Waals surface area contributed by atoms with Crippen LogP contribution in [0.3, 0.4) is 0 Å². The second-order valence-corrected chi connectivity index (χ2v) is 9.13. The lowest BCUT2D eigenvalue weighted by Gasteiger charge is -2.14. The van der Waals surface area contributed by atoms with Crippen molar-refractivity contribution in [3.05, 3.63) is 102 Å². The van der Waals surface area contributed by atoms with E-state index in [0.29, 0.717) is 41.4 Å². The normalized spacial score (nSPS) is 10.3. The molecule has 0 aliphatic carbocycles. The van der Waals surface area contributed by atoms with E-state index in [1.54, 1.807) is 66.7 Å². The maximum absolute atomic E-state index is 13.1. The van der Waals surface area contributed by atoms with Crippen molar-refractivity contribution >= 4 is 11.9 Å². The number of hydrogen-bond acceptors (Lipinski definition) is 7. The van der Waals surface area contributed by atoms with Crippen LogP contribution >= 0.6 is 0 Å². The number of unbranched alkanes of at least 4 members (excludes halogenated alkanes) is 5. The fraction of sp³-hybridized carbons (Fsp3) is 0.303. The highest BCUT2D eigenvalue weighted by molar-refractivity contribution is 5.94. The van der Waals surface area contributed by atoms with Crippen molar-refractivity contribution in [2.45, 2.75) is 52.1 Å². The number of nitrogens with zero attached hydrogens (tertiary/aromatic N) is 1. The van der Waals surface area contributed by atoms with Gasteiger partial charge in [0.1, 0.15) is 36.0 Å². The zero-order valence-corrected chi connectivity index (χ0v) is 22.9. The van der Waals surface area contributed by atoms with Crippen molar-refractivity contribution in [1.29, 1.82) is 5.26 Å². The van der Waals surface area contributed by atoms with E-state index >= 15 is 0 Å². The Bertz CT molecular complexity index is 1310. The van der Waals surface area contributed by atoms with E-state index < -0.39 is 11.9 Å². The number of esters is 2. The van der Waals surface area contributed by atoms with E-state index in [1.807, 2.05) is 0 Å². The molecule has 0 spiro atoms. The molecular formula is C33H35NO6. The molecule has 0 fully saturated rings. The summed E-state index contributed by atoms with van der Waals surface area (Å²) in [4.78, 5) is 25.9. The van der Waals surface area contributed by atoms with Gasteiger partial charge in [0.15, 0.2) is 0 Å². The summed E-state index contributed by atoms with van der Waals surface area (Å²) in [7, 11) is 0. The Kier molecular flexibility index (Phi) is 12.3. The van der Waals surface area contributed by atoms with E-state index in [-0.39, 0.29) is 17.9 Å². The number of nitriles is 1. The monoisotopic (exact) mass is 541 g/mol. The van der Waals surface area contributed by atoms with E-state index in [1.165, 1.54) is 25.3 Å². The minimum atomic E-state index is -0.646. The van der Waals surface area contributed by atoms with Gasteiger partial charge in [0.05, 0.1) is 23.8 Å². The Morgan fingerprint density at radius 3 is 2.35 bits per heavy atom.